The molecule has 0 heteroatoms. The largest absolute Gasteiger partial charge is 0.0842 e. The minimum atomic E-state index is 1.23. The highest BCUT2D eigenvalue weighted by molar-refractivity contribution is 5.07. The van der Waals surface area contributed by atoms with Gasteiger partial charge in [0.2, 0.25) is 0 Å². The van der Waals surface area contributed by atoms with Crippen molar-refractivity contribution < 1.29 is 0 Å². The highest BCUT2D eigenvalue weighted by Gasteiger charge is 1.77. The maximum Gasteiger partial charge on any atom is -0.0313 e. The van der Waals surface area contributed by atoms with Crippen LogP contribution in [0.1, 0.15) is 54.4 Å². The van der Waals surface area contributed by atoms with Gasteiger partial charge in [0.25, 0.3) is 0 Å². The zero-order chi connectivity index (χ0) is 10.2. The Kier molecular flexibility index (Phi) is 45.8. The molecule has 0 aromatic heterocycles. The van der Waals surface area contributed by atoms with E-state index in [4.69, 9.17) is 0 Å². The van der Waals surface area contributed by atoms with E-state index in [9.17, 15) is 0 Å². The summed E-state index contributed by atoms with van der Waals surface area (Å²) in [5.74, 6) is 0. The van der Waals surface area contributed by atoms with Crippen molar-refractivity contribution in [1.29, 1.82) is 0 Å². The summed E-state index contributed by atoms with van der Waals surface area (Å²) in [7, 11) is 0. The number of allylic oxidation sites excluding steroid dienone is 4. The summed E-state index contributed by atoms with van der Waals surface area (Å²) in [5, 5.41) is 0. The molecule has 0 saturated heterocycles. The summed E-state index contributed by atoms with van der Waals surface area (Å²) in [6.07, 6.45) is 11.0. The predicted octanol–water partition coefficient (Wildman–Crippen LogP) is 4.97. The van der Waals surface area contributed by atoms with Crippen molar-refractivity contribution >= 4 is 0 Å². The van der Waals surface area contributed by atoms with E-state index in [1.807, 2.05) is 41.5 Å². The van der Waals surface area contributed by atoms with E-state index < -0.39 is 0 Å². The molecule has 0 spiro atoms. The lowest BCUT2D eigenvalue weighted by Crippen LogP contribution is -1.67. The Bertz CT molecular complexity index is 66.0. The molecule has 0 atom stereocenters. The molecule has 74 valence electrons. The minimum Gasteiger partial charge on any atom is -0.0842 e. The van der Waals surface area contributed by atoms with Crippen LogP contribution in [0.4, 0.5) is 0 Å². The Morgan fingerprint density at radius 3 is 0.917 bits per heavy atom. The summed E-state index contributed by atoms with van der Waals surface area (Å²) >= 11 is 0. The Balaban J connectivity index is -0.000000117. The van der Waals surface area contributed by atoms with Crippen LogP contribution in [0.5, 0.6) is 0 Å². The zero-order valence-electron chi connectivity index (χ0n) is 9.72. The first-order valence-electron chi connectivity index (χ1n) is 5.32. The predicted molar refractivity (Wildman–Crippen MR) is 61.6 cm³/mol. The smallest absolute Gasteiger partial charge is 0.0313 e. The summed E-state index contributed by atoms with van der Waals surface area (Å²) in [4.78, 5) is 0. The average molecular weight is 170 g/mol. The molecule has 0 radical (unpaired) electrons. The molecule has 0 aliphatic heterocycles. The van der Waals surface area contributed by atoms with Crippen molar-refractivity contribution in [2.45, 2.75) is 54.4 Å². The SMILES string of the molecule is C1=CCCC=C1.CC.CC.CC. The fraction of sp³-hybridized carbons (Fsp3) is 0.667. The number of hydrogen-bond acceptors (Lipinski definition) is 0. The molecule has 12 heavy (non-hydrogen) atoms. The van der Waals surface area contributed by atoms with Crippen LogP contribution in [0.25, 0.3) is 0 Å². The summed E-state index contributed by atoms with van der Waals surface area (Å²) < 4.78 is 0. The molecule has 1 aliphatic rings. The van der Waals surface area contributed by atoms with Gasteiger partial charge in [0, 0.05) is 0 Å². The van der Waals surface area contributed by atoms with Crippen LogP contribution in [-0.2, 0) is 0 Å². The lowest BCUT2D eigenvalue weighted by Gasteiger charge is -1.88. The Hall–Kier alpha value is -0.520. The van der Waals surface area contributed by atoms with E-state index in [-0.39, 0.29) is 0 Å². The topological polar surface area (TPSA) is 0 Å². The zero-order valence-corrected chi connectivity index (χ0v) is 9.72. The van der Waals surface area contributed by atoms with Crippen LogP contribution < -0.4 is 0 Å². The molecule has 1 rings (SSSR count). The maximum absolute atomic E-state index is 2.18. The fourth-order valence-electron chi connectivity index (χ4n) is 0.542. The second-order valence-electron chi connectivity index (χ2n) is 1.43. The lowest BCUT2D eigenvalue weighted by molar-refractivity contribution is 1.04. The summed E-state index contributed by atoms with van der Waals surface area (Å²) in [6.45, 7) is 12.0. The van der Waals surface area contributed by atoms with Gasteiger partial charge in [0.05, 0.1) is 0 Å². The molecule has 0 aromatic carbocycles. The van der Waals surface area contributed by atoms with E-state index in [2.05, 4.69) is 24.3 Å². The van der Waals surface area contributed by atoms with Crippen LogP contribution in [0.15, 0.2) is 24.3 Å². The van der Waals surface area contributed by atoms with Crippen molar-refractivity contribution in [1.82, 2.24) is 0 Å². The summed E-state index contributed by atoms with van der Waals surface area (Å²) in [6, 6.07) is 0. The molecular weight excluding hydrogens is 144 g/mol. The van der Waals surface area contributed by atoms with Gasteiger partial charge in [0.15, 0.2) is 0 Å². The second-order valence-corrected chi connectivity index (χ2v) is 1.43. The number of rotatable bonds is 0. The molecule has 0 fully saturated rings. The Morgan fingerprint density at radius 1 is 0.583 bits per heavy atom. The third-order valence-corrected chi connectivity index (χ3v) is 0.883. The number of hydrogen-bond donors (Lipinski definition) is 0. The van der Waals surface area contributed by atoms with Crippen LogP contribution in [0.2, 0.25) is 0 Å². The van der Waals surface area contributed by atoms with Gasteiger partial charge in [-0.15, -0.1) is 0 Å². The molecule has 0 heterocycles. The van der Waals surface area contributed by atoms with Crippen LogP contribution >= 0.6 is 0 Å². The molecule has 1 aliphatic carbocycles. The van der Waals surface area contributed by atoms with Gasteiger partial charge >= 0.3 is 0 Å². The molecule has 0 nitrogen and oxygen atoms in total. The molecule has 0 saturated carbocycles. The first-order chi connectivity index (χ1) is 6.00. The quantitative estimate of drug-likeness (QED) is 0.481. The Morgan fingerprint density at radius 2 is 0.833 bits per heavy atom. The van der Waals surface area contributed by atoms with Crippen LogP contribution in [-0.4, -0.2) is 0 Å². The normalized spacial score (nSPS) is 10.8. The van der Waals surface area contributed by atoms with Gasteiger partial charge in [-0.3, -0.25) is 0 Å². The lowest BCUT2D eigenvalue weighted by atomic mass is 10.2. The molecule has 0 unspecified atom stereocenters. The van der Waals surface area contributed by atoms with Crippen LogP contribution in [0.3, 0.4) is 0 Å². The van der Waals surface area contributed by atoms with Crippen molar-refractivity contribution in [2.75, 3.05) is 0 Å². The van der Waals surface area contributed by atoms with E-state index in [1.54, 1.807) is 0 Å². The van der Waals surface area contributed by atoms with Gasteiger partial charge in [0.1, 0.15) is 0 Å². The molecule has 0 amide bonds. The molecule has 0 N–H and O–H groups in total. The van der Waals surface area contributed by atoms with Gasteiger partial charge in [-0.05, 0) is 12.8 Å². The summed E-state index contributed by atoms with van der Waals surface area (Å²) in [5.41, 5.74) is 0. The highest BCUT2D eigenvalue weighted by atomic mass is 13.8. The van der Waals surface area contributed by atoms with E-state index in [0.29, 0.717) is 0 Å². The average Bonchev–Trinajstić information content (AvgIpc) is 2.29. The van der Waals surface area contributed by atoms with E-state index in [1.165, 1.54) is 12.8 Å². The van der Waals surface area contributed by atoms with Gasteiger partial charge in [-0.25, -0.2) is 0 Å². The van der Waals surface area contributed by atoms with Crippen LogP contribution in [0, 0.1) is 0 Å². The monoisotopic (exact) mass is 170 g/mol. The van der Waals surface area contributed by atoms with E-state index in [0.717, 1.165) is 0 Å². The van der Waals surface area contributed by atoms with Gasteiger partial charge < -0.3 is 0 Å². The second kappa shape index (κ2) is 31.4. The Labute approximate surface area is 79.4 Å². The van der Waals surface area contributed by atoms with Crippen molar-refractivity contribution in [2.24, 2.45) is 0 Å². The van der Waals surface area contributed by atoms with Crippen molar-refractivity contribution in [3.8, 4) is 0 Å². The van der Waals surface area contributed by atoms with E-state index >= 15 is 0 Å². The fourth-order valence-corrected chi connectivity index (χ4v) is 0.542. The van der Waals surface area contributed by atoms with Gasteiger partial charge in [-0.2, -0.15) is 0 Å². The third-order valence-electron chi connectivity index (χ3n) is 0.883. The molecular formula is C12H26. The van der Waals surface area contributed by atoms with Gasteiger partial charge in [-0.1, -0.05) is 65.8 Å². The molecule has 0 bridgehead atoms. The highest BCUT2D eigenvalue weighted by Crippen LogP contribution is 1.98. The van der Waals surface area contributed by atoms with Crippen molar-refractivity contribution in [3.63, 3.8) is 0 Å². The molecule has 0 aromatic rings. The standard InChI is InChI=1S/C6H8.3C2H6/c1-2-4-6-5-3-1;3*1-2/h1-4H,5-6H2;3*1-2H3. The van der Waals surface area contributed by atoms with Crippen molar-refractivity contribution in [3.05, 3.63) is 24.3 Å². The first kappa shape index (κ1) is 17.5. The minimum absolute atomic E-state index is 1.23. The first-order valence-corrected chi connectivity index (χ1v) is 5.32. The third kappa shape index (κ3) is 22.7. The maximum atomic E-state index is 2.18.